The molecule has 0 bridgehead atoms. The lowest BCUT2D eigenvalue weighted by Gasteiger charge is -2.37. The second kappa shape index (κ2) is 6.32. The Morgan fingerprint density at radius 2 is 2.19 bits per heavy atom. The number of benzene rings is 1. The predicted molar refractivity (Wildman–Crippen MR) is 86.8 cm³/mol. The van der Waals surface area contributed by atoms with E-state index in [2.05, 4.69) is 26.1 Å². The minimum absolute atomic E-state index is 0.136. The van der Waals surface area contributed by atoms with E-state index in [9.17, 15) is 10.1 Å². The molecule has 1 aromatic rings. The maximum Gasteiger partial charge on any atom is 0.270 e. The number of hydrogen-bond donors (Lipinski definition) is 1. The van der Waals surface area contributed by atoms with Crippen molar-refractivity contribution >= 4 is 27.3 Å². The molecule has 2 aliphatic rings. The first kappa shape index (κ1) is 14.8. The molecule has 21 heavy (non-hydrogen) atoms. The van der Waals surface area contributed by atoms with Crippen molar-refractivity contribution in [2.75, 3.05) is 24.5 Å². The molecule has 2 aliphatic heterocycles. The summed E-state index contributed by atoms with van der Waals surface area (Å²) >= 11 is 3.49. The van der Waals surface area contributed by atoms with Crippen LogP contribution in [0.4, 0.5) is 11.4 Å². The molecule has 3 rings (SSSR count). The van der Waals surface area contributed by atoms with Gasteiger partial charge in [0.1, 0.15) is 0 Å². The van der Waals surface area contributed by atoms with Crippen LogP contribution in [0.3, 0.4) is 0 Å². The van der Waals surface area contributed by atoms with Gasteiger partial charge in [0.25, 0.3) is 5.69 Å². The lowest BCUT2D eigenvalue weighted by Crippen LogP contribution is -2.43. The van der Waals surface area contributed by atoms with Gasteiger partial charge in [-0.05, 0) is 60.1 Å². The van der Waals surface area contributed by atoms with Crippen molar-refractivity contribution in [2.24, 2.45) is 5.92 Å². The van der Waals surface area contributed by atoms with E-state index in [0.29, 0.717) is 12.0 Å². The molecule has 2 saturated heterocycles. The summed E-state index contributed by atoms with van der Waals surface area (Å²) in [6.07, 6.45) is 5.02. The zero-order valence-corrected chi connectivity index (χ0v) is 13.5. The standard InChI is InChI=1S/C15H20BrN3O2/c16-13-9-12(19(20)21)5-6-15(13)18-8-2-3-11(10-18)14-4-1-7-17-14/h5-6,9,11,14,17H,1-4,7-8,10H2. The molecule has 6 heteroatoms. The van der Waals surface area contributed by atoms with Crippen LogP contribution in [0.2, 0.25) is 0 Å². The van der Waals surface area contributed by atoms with E-state index in [-0.39, 0.29) is 10.6 Å². The topological polar surface area (TPSA) is 58.4 Å². The first-order valence-corrected chi connectivity index (χ1v) is 8.37. The Kier molecular flexibility index (Phi) is 4.45. The van der Waals surface area contributed by atoms with E-state index in [1.54, 1.807) is 12.1 Å². The molecule has 114 valence electrons. The molecule has 2 heterocycles. The van der Waals surface area contributed by atoms with Crippen molar-refractivity contribution in [3.63, 3.8) is 0 Å². The van der Waals surface area contributed by atoms with Crippen LogP contribution in [-0.2, 0) is 0 Å². The Morgan fingerprint density at radius 1 is 1.33 bits per heavy atom. The first-order valence-electron chi connectivity index (χ1n) is 7.57. The van der Waals surface area contributed by atoms with Crippen LogP contribution in [0.15, 0.2) is 22.7 Å². The largest absolute Gasteiger partial charge is 0.370 e. The molecule has 2 unspecified atom stereocenters. The maximum atomic E-state index is 10.8. The van der Waals surface area contributed by atoms with Gasteiger partial charge in [-0.25, -0.2) is 0 Å². The van der Waals surface area contributed by atoms with Crippen molar-refractivity contribution in [2.45, 2.75) is 31.7 Å². The van der Waals surface area contributed by atoms with Gasteiger partial charge in [-0.2, -0.15) is 0 Å². The van der Waals surface area contributed by atoms with Gasteiger partial charge in [-0.15, -0.1) is 0 Å². The van der Waals surface area contributed by atoms with Crippen LogP contribution in [0, 0.1) is 16.0 Å². The third-order valence-electron chi connectivity index (χ3n) is 4.61. The van der Waals surface area contributed by atoms with Crippen LogP contribution in [-0.4, -0.2) is 30.6 Å². The molecule has 1 aromatic carbocycles. The third-order valence-corrected chi connectivity index (χ3v) is 5.24. The number of halogens is 1. The van der Waals surface area contributed by atoms with Crippen molar-refractivity contribution in [3.8, 4) is 0 Å². The van der Waals surface area contributed by atoms with Gasteiger partial charge in [0, 0.05) is 35.7 Å². The molecular weight excluding hydrogens is 334 g/mol. The third kappa shape index (κ3) is 3.21. The summed E-state index contributed by atoms with van der Waals surface area (Å²) < 4.78 is 0.816. The van der Waals surface area contributed by atoms with Crippen LogP contribution in [0.1, 0.15) is 25.7 Å². The monoisotopic (exact) mass is 353 g/mol. The zero-order chi connectivity index (χ0) is 14.8. The number of anilines is 1. The molecule has 0 aromatic heterocycles. The van der Waals surface area contributed by atoms with Gasteiger partial charge in [0.15, 0.2) is 0 Å². The highest BCUT2D eigenvalue weighted by atomic mass is 79.9. The number of hydrogen-bond acceptors (Lipinski definition) is 4. The molecule has 0 radical (unpaired) electrons. The van der Waals surface area contributed by atoms with Gasteiger partial charge in [0.2, 0.25) is 0 Å². The Balaban J connectivity index is 1.75. The van der Waals surface area contributed by atoms with E-state index < -0.39 is 0 Å². The van der Waals surface area contributed by atoms with Crippen molar-refractivity contribution < 1.29 is 4.92 Å². The summed E-state index contributed by atoms with van der Waals surface area (Å²) in [5.74, 6) is 0.684. The number of non-ortho nitro benzene ring substituents is 1. The van der Waals surface area contributed by atoms with Crippen LogP contribution in [0.5, 0.6) is 0 Å². The van der Waals surface area contributed by atoms with Crippen molar-refractivity contribution in [1.82, 2.24) is 5.32 Å². The smallest absolute Gasteiger partial charge is 0.270 e. The number of nitrogens with zero attached hydrogens (tertiary/aromatic N) is 2. The van der Waals surface area contributed by atoms with Gasteiger partial charge in [-0.1, -0.05) is 0 Å². The summed E-state index contributed by atoms with van der Waals surface area (Å²) in [6.45, 7) is 3.20. The van der Waals surface area contributed by atoms with Gasteiger partial charge in [-0.3, -0.25) is 10.1 Å². The second-order valence-corrected chi connectivity index (χ2v) is 6.80. The van der Waals surface area contributed by atoms with Gasteiger partial charge in [0.05, 0.1) is 10.6 Å². The number of piperidine rings is 1. The summed E-state index contributed by atoms with van der Waals surface area (Å²) in [4.78, 5) is 12.8. The second-order valence-electron chi connectivity index (χ2n) is 5.94. The predicted octanol–water partition coefficient (Wildman–Crippen LogP) is 3.33. The zero-order valence-electron chi connectivity index (χ0n) is 11.9. The maximum absolute atomic E-state index is 10.8. The normalized spacial score (nSPS) is 26.0. The molecule has 0 spiro atoms. The van der Waals surface area contributed by atoms with E-state index in [1.807, 2.05) is 6.07 Å². The fraction of sp³-hybridized carbons (Fsp3) is 0.600. The highest BCUT2D eigenvalue weighted by Gasteiger charge is 2.29. The highest BCUT2D eigenvalue weighted by Crippen LogP contribution is 2.34. The van der Waals surface area contributed by atoms with Crippen LogP contribution in [0.25, 0.3) is 0 Å². The van der Waals surface area contributed by atoms with Crippen molar-refractivity contribution in [1.29, 1.82) is 0 Å². The number of nitro benzene ring substituents is 1. The van der Waals surface area contributed by atoms with E-state index >= 15 is 0 Å². The van der Waals surface area contributed by atoms with Gasteiger partial charge >= 0.3 is 0 Å². The fourth-order valence-electron chi connectivity index (χ4n) is 3.54. The molecule has 0 aliphatic carbocycles. The summed E-state index contributed by atoms with van der Waals surface area (Å²) in [6, 6.07) is 5.71. The Hall–Kier alpha value is -1.14. The van der Waals surface area contributed by atoms with E-state index in [4.69, 9.17) is 0 Å². The summed E-state index contributed by atoms with van der Waals surface area (Å²) in [5, 5.41) is 14.4. The molecule has 2 fully saturated rings. The average Bonchev–Trinajstić information content (AvgIpc) is 3.01. The van der Waals surface area contributed by atoms with Crippen molar-refractivity contribution in [3.05, 3.63) is 32.8 Å². The first-order chi connectivity index (χ1) is 10.1. The van der Waals surface area contributed by atoms with Crippen LogP contribution >= 0.6 is 15.9 Å². The van der Waals surface area contributed by atoms with Crippen LogP contribution < -0.4 is 10.2 Å². The number of rotatable bonds is 3. The number of nitro groups is 1. The minimum Gasteiger partial charge on any atom is -0.370 e. The lowest BCUT2D eigenvalue weighted by molar-refractivity contribution is -0.384. The average molecular weight is 354 g/mol. The van der Waals surface area contributed by atoms with E-state index in [0.717, 1.165) is 29.8 Å². The Labute approximate surface area is 133 Å². The minimum atomic E-state index is -0.351. The highest BCUT2D eigenvalue weighted by molar-refractivity contribution is 9.10. The SMILES string of the molecule is O=[N+]([O-])c1ccc(N2CCCC(C3CCCN3)C2)c(Br)c1. The Morgan fingerprint density at radius 3 is 2.86 bits per heavy atom. The lowest BCUT2D eigenvalue weighted by atomic mass is 9.89. The van der Waals surface area contributed by atoms with Gasteiger partial charge < -0.3 is 10.2 Å². The fourth-order valence-corrected chi connectivity index (χ4v) is 4.15. The van der Waals surface area contributed by atoms with E-state index in [1.165, 1.54) is 25.7 Å². The molecule has 0 saturated carbocycles. The molecule has 2 atom stereocenters. The molecule has 1 N–H and O–H groups in total. The quantitative estimate of drug-likeness (QED) is 0.668. The summed E-state index contributed by atoms with van der Waals surface area (Å²) in [7, 11) is 0. The molecule has 0 amide bonds. The summed E-state index contributed by atoms with van der Waals surface area (Å²) in [5.41, 5.74) is 1.21. The molecule has 5 nitrogen and oxygen atoms in total. The Bertz CT molecular complexity index is 532. The molecular formula is C15H20BrN3O2. The number of nitrogens with one attached hydrogen (secondary N) is 1.